The van der Waals surface area contributed by atoms with E-state index >= 15 is 0 Å². The highest BCUT2D eigenvalue weighted by atomic mass is 35.5. The zero-order chi connectivity index (χ0) is 21.3. The molecule has 0 atom stereocenters. The number of anilines is 2. The summed E-state index contributed by atoms with van der Waals surface area (Å²) in [5.41, 5.74) is 2.11. The molecule has 7 nitrogen and oxygen atoms in total. The maximum atomic E-state index is 10.8. The van der Waals surface area contributed by atoms with Crippen molar-refractivity contribution >= 4 is 62.7 Å². The van der Waals surface area contributed by atoms with E-state index in [0.717, 1.165) is 27.2 Å². The molecule has 10 heteroatoms. The average Bonchev–Trinajstić information content (AvgIpc) is 3.10. The zero-order valence-corrected chi connectivity index (χ0v) is 18.5. The summed E-state index contributed by atoms with van der Waals surface area (Å²) in [5.74, 6) is 1.40. The van der Waals surface area contributed by atoms with Crippen LogP contribution < -0.4 is 10.2 Å². The van der Waals surface area contributed by atoms with Crippen LogP contribution in [0.2, 0.25) is 10.0 Å². The van der Waals surface area contributed by atoms with Crippen molar-refractivity contribution in [3.8, 4) is 0 Å². The van der Waals surface area contributed by atoms with Crippen LogP contribution in [0.15, 0.2) is 23.6 Å². The quantitative estimate of drug-likeness (QED) is 0.474. The van der Waals surface area contributed by atoms with Gasteiger partial charge in [-0.15, -0.1) is 11.3 Å². The standard InChI is InChI=1S/C20H20Cl2N4O3S/c1-11-10-30-18-16(11)17(23-9-12-2-3-14(21)15(22)8-12)24-19(25-18)26-6-4-13(5-7-26)29-20(27)28/h2-3,8,10,13H,4-7,9H2,1H3,(H,27,28)(H,23,24,25). The second-order valence-corrected chi connectivity index (χ2v) is 8.82. The molecule has 2 aromatic heterocycles. The van der Waals surface area contributed by atoms with Crippen LogP contribution in [0.25, 0.3) is 10.2 Å². The van der Waals surface area contributed by atoms with Crippen molar-refractivity contribution < 1.29 is 14.6 Å². The van der Waals surface area contributed by atoms with Crippen molar-refractivity contribution in [1.82, 2.24) is 9.97 Å². The predicted octanol–water partition coefficient (Wildman–Crippen LogP) is 5.58. The number of halogens is 2. The number of hydrogen-bond acceptors (Lipinski definition) is 7. The smallest absolute Gasteiger partial charge is 0.450 e. The van der Waals surface area contributed by atoms with Crippen LogP contribution in [0.3, 0.4) is 0 Å². The molecule has 0 bridgehead atoms. The number of piperidine rings is 1. The molecule has 0 saturated carbocycles. The van der Waals surface area contributed by atoms with Gasteiger partial charge in [0.1, 0.15) is 16.8 Å². The Bertz CT molecular complexity index is 1080. The number of aryl methyl sites for hydroxylation is 1. The van der Waals surface area contributed by atoms with E-state index in [1.165, 1.54) is 0 Å². The van der Waals surface area contributed by atoms with Gasteiger partial charge < -0.3 is 20.1 Å². The largest absolute Gasteiger partial charge is 0.506 e. The predicted molar refractivity (Wildman–Crippen MR) is 120 cm³/mol. The van der Waals surface area contributed by atoms with Crippen LogP contribution in [0.5, 0.6) is 0 Å². The normalized spacial score (nSPS) is 14.8. The summed E-state index contributed by atoms with van der Waals surface area (Å²) in [6, 6.07) is 5.54. The summed E-state index contributed by atoms with van der Waals surface area (Å²) in [5, 5.41) is 16.3. The number of hydrogen-bond donors (Lipinski definition) is 2. The van der Waals surface area contributed by atoms with Crippen molar-refractivity contribution in [1.29, 1.82) is 0 Å². The number of carboxylic acid groups (broad SMARTS) is 1. The fraction of sp³-hybridized carbons (Fsp3) is 0.350. The minimum atomic E-state index is -1.23. The van der Waals surface area contributed by atoms with E-state index in [1.807, 2.05) is 19.1 Å². The fourth-order valence-corrected chi connectivity index (χ4v) is 4.73. The average molecular weight is 467 g/mol. The van der Waals surface area contributed by atoms with Gasteiger partial charge in [-0.2, -0.15) is 4.98 Å². The minimum absolute atomic E-state index is 0.279. The highest BCUT2D eigenvalue weighted by Crippen LogP contribution is 2.32. The summed E-state index contributed by atoms with van der Waals surface area (Å²) in [6.07, 6.45) is -0.278. The number of fused-ring (bicyclic) bond motifs is 1. The molecule has 158 valence electrons. The number of carbonyl (C=O) groups is 1. The molecule has 4 rings (SSSR count). The Morgan fingerprint density at radius 3 is 2.77 bits per heavy atom. The van der Waals surface area contributed by atoms with Crippen molar-refractivity contribution in [3.63, 3.8) is 0 Å². The van der Waals surface area contributed by atoms with Gasteiger partial charge in [0.15, 0.2) is 0 Å². The number of thiophene rings is 1. The van der Waals surface area contributed by atoms with Crippen LogP contribution in [0.1, 0.15) is 24.0 Å². The number of rotatable bonds is 5. The summed E-state index contributed by atoms with van der Waals surface area (Å²) < 4.78 is 4.90. The third-order valence-electron chi connectivity index (χ3n) is 5.04. The van der Waals surface area contributed by atoms with E-state index in [1.54, 1.807) is 17.4 Å². The van der Waals surface area contributed by atoms with Gasteiger partial charge in [-0.3, -0.25) is 0 Å². The minimum Gasteiger partial charge on any atom is -0.450 e. The fourth-order valence-electron chi connectivity index (χ4n) is 3.49. The topological polar surface area (TPSA) is 87.6 Å². The molecule has 1 aromatic carbocycles. The monoisotopic (exact) mass is 466 g/mol. The molecule has 1 saturated heterocycles. The molecule has 0 unspecified atom stereocenters. The van der Waals surface area contributed by atoms with E-state index in [0.29, 0.717) is 48.5 Å². The third-order valence-corrected chi connectivity index (χ3v) is 6.77. The van der Waals surface area contributed by atoms with Crippen LogP contribution in [-0.2, 0) is 11.3 Å². The first-order chi connectivity index (χ1) is 14.4. The number of aromatic nitrogens is 2. The summed E-state index contributed by atoms with van der Waals surface area (Å²) in [7, 11) is 0. The van der Waals surface area contributed by atoms with Gasteiger partial charge in [0, 0.05) is 32.5 Å². The molecule has 2 N–H and O–H groups in total. The van der Waals surface area contributed by atoms with Crippen LogP contribution >= 0.6 is 34.5 Å². The second kappa shape index (κ2) is 8.83. The highest BCUT2D eigenvalue weighted by molar-refractivity contribution is 7.17. The Balaban J connectivity index is 1.56. The van der Waals surface area contributed by atoms with Gasteiger partial charge >= 0.3 is 6.16 Å². The molecular formula is C20H20Cl2N4O3S. The molecule has 0 amide bonds. The molecule has 1 fully saturated rings. The number of benzene rings is 1. The molecule has 30 heavy (non-hydrogen) atoms. The Kier molecular flexibility index (Phi) is 6.17. The van der Waals surface area contributed by atoms with Gasteiger partial charge in [0.05, 0.1) is 15.4 Å². The van der Waals surface area contributed by atoms with Crippen molar-refractivity contribution in [3.05, 3.63) is 44.8 Å². The van der Waals surface area contributed by atoms with Crippen LogP contribution in [-0.4, -0.2) is 40.4 Å². The lowest BCUT2D eigenvalue weighted by molar-refractivity contribution is 0.0415. The zero-order valence-electron chi connectivity index (χ0n) is 16.2. The van der Waals surface area contributed by atoms with E-state index in [9.17, 15) is 4.79 Å². The molecular weight excluding hydrogens is 447 g/mol. The summed E-state index contributed by atoms with van der Waals surface area (Å²) in [4.78, 5) is 23.3. The lowest BCUT2D eigenvalue weighted by Gasteiger charge is -2.31. The lowest BCUT2D eigenvalue weighted by atomic mass is 10.1. The first-order valence-corrected chi connectivity index (χ1v) is 11.1. The van der Waals surface area contributed by atoms with Crippen LogP contribution in [0.4, 0.5) is 16.6 Å². The first-order valence-electron chi connectivity index (χ1n) is 9.49. The maximum Gasteiger partial charge on any atom is 0.506 e. The lowest BCUT2D eigenvalue weighted by Crippen LogP contribution is -2.38. The van der Waals surface area contributed by atoms with Crippen molar-refractivity contribution in [2.75, 3.05) is 23.3 Å². The highest BCUT2D eigenvalue weighted by Gasteiger charge is 2.25. The molecule has 1 aliphatic heterocycles. The molecule has 3 heterocycles. The Labute approximate surface area is 187 Å². The van der Waals surface area contributed by atoms with Gasteiger partial charge in [0.25, 0.3) is 0 Å². The maximum absolute atomic E-state index is 10.8. The first kappa shape index (κ1) is 21.0. The summed E-state index contributed by atoms with van der Waals surface area (Å²) >= 11 is 13.7. The molecule has 0 radical (unpaired) electrons. The van der Waals surface area contributed by atoms with Crippen molar-refractivity contribution in [2.24, 2.45) is 0 Å². The van der Waals surface area contributed by atoms with Crippen LogP contribution in [0, 0.1) is 6.92 Å². The van der Waals surface area contributed by atoms with E-state index in [2.05, 4.69) is 15.6 Å². The Morgan fingerprint density at radius 1 is 1.30 bits per heavy atom. The number of nitrogens with zero attached hydrogens (tertiary/aromatic N) is 3. The molecule has 0 aliphatic carbocycles. The van der Waals surface area contributed by atoms with Gasteiger partial charge in [-0.1, -0.05) is 29.3 Å². The second-order valence-electron chi connectivity index (χ2n) is 7.14. The van der Waals surface area contributed by atoms with Gasteiger partial charge in [0.2, 0.25) is 5.95 Å². The molecule has 0 spiro atoms. The van der Waals surface area contributed by atoms with E-state index < -0.39 is 6.16 Å². The van der Waals surface area contributed by atoms with E-state index in [4.69, 9.17) is 43.0 Å². The molecule has 1 aliphatic rings. The third kappa shape index (κ3) is 4.55. The molecule has 3 aromatic rings. The Morgan fingerprint density at radius 2 is 2.07 bits per heavy atom. The van der Waals surface area contributed by atoms with Gasteiger partial charge in [-0.25, -0.2) is 9.78 Å². The Hall–Kier alpha value is -2.29. The van der Waals surface area contributed by atoms with E-state index in [-0.39, 0.29) is 6.10 Å². The number of ether oxygens (including phenoxy) is 1. The van der Waals surface area contributed by atoms with Gasteiger partial charge in [-0.05, 0) is 35.6 Å². The van der Waals surface area contributed by atoms with Crippen molar-refractivity contribution in [2.45, 2.75) is 32.4 Å². The summed E-state index contributed by atoms with van der Waals surface area (Å²) in [6.45, 7) is 3.87. The number of nitrogens with one attached hydrogen (secondary N) is 1. The SMILES string of the molecule is Cc1csc2nc(N3CCC(OC(=O)O)CC3)nc(NCc3ccc(Cl)c(Cl)c3)c12.